The molecule has 3 aliphatic rings. The number of benzene rings is 1. The molecule has 26 heavy (non-hydrogen) atoms. The monoisotopic (exact) mass is 357 g/mol. The highest BCUT2D eigenvalue weighted by Crippen LogP contribution is 2.24. The van der Waals surface area contributed by atoms with Gasteiger partial charge in [-0.2, -0.15) is 0 Å². The van der Waals surface area contributed by atoms with Crippen LogP contribution in [-0.4, -0.2) is 79.8 Å². The van der Waals surface area contributed by atoms with Gasteiger partial charge in [-0.3, -0.25) is 9.80 Å². The predicted molar refractivity (Wildman–Crippen MR) is 106 cm³/mol. The first-order chi connectivity index (χ1) is 12.7. The summed E-state index contributed by atoms with van der Waals surface area (Å²) >= 11 is 0. The fourth-order valence-electron chi connectivity index (χ4n) is 4.63. The maximum Gasteiger partial charge on any atom is 0.0706 e. The highest BCUT2D eigenvalue weighted by atomic mass is 16.5. The van der Waals surface area contributed by atoms with E-state index >= 15 is 0 Å². The molecule has 0 unspecified atom stereocenters. The molecule has 0 bridgehead atoms. The van der Waals surface area contributed by atoms with Crippen molar-refractivity contribution in [2.45, 2.75) is 50.9 Å². The smallest absolute Gasteiger partial charge is 0.0706 e. The Hall–Kier alpha value is -0.940. The average molecular weight is 358 g/mol. The van der Waals surface area contributed by atoms with Crippen LogP contribution >= 0.6 is 0 Å². The van der Waals surface area contributed by atoms with Gasteiger partial charge in [-0.1, -0.05) is 24.3 Å². The molecule has 4 nitrogen and oxygen atoms in total. The van der Waals surface area contributed by atoms with Crippen molar-refractivity contribution in [1.29, 1.82) is 0 Å². The van der Waals surface area contributed by atoms with Crippen LogP contribution in [0.3, 0.4) is 0 Å². The molecule has 144 valence electrons. The van der Waals surface area contributed by atoms with Gasteiger partial charge in [0.25, 0.3) is 0 Å². The van der Waals surface area contributed by atoms with Gasteiger partial charge in [0.05, 0.1) is 12.2 Å². The van der Waals surface area contributed by atoms with E-state index in [-0.39, 0.29) is 0 Å². The Morgan fingerprint density at radius 3 is 2.19 bits per heavy atom. The van der Waals surface area contributed by atoms with E-state index in [1.54, 1.807) is 0 Å². The molecule has 0 aliphatic carbocycles. The van der Waals surface area contributed by atoms with E-state index in [1.807, 2.05) is 0 Å². The van der Waals surface area contributed by atoms with Crippen LogP contribution in [0.15, 0.2) is 24.3 Å². The number of hydrogen-bond donors (Lipinski definition) is 0. The van der Waals surface area contributed by atoms with Crippen molar-refractivity contribution in [3.63, 3.8) is 0 Å². The second kappa shape index (κ2) is 8.83. The molecule has 0 saturated carbocycles. The predicted octanol–water partition coefficient (Wildman–Crippen LogP) is 2.62. The zero-order valence-corrected chi connectivity index (χ0v) is 16.4. The molecule has 3 fully saturated rings. The molecule has 1 aromatic rings. The van der Waals surface area contributed by atoms with E-state index in [2.05, 4.69) is 46.0 Å². The lowest BCUT2D eigenvalue weighted by molar-refractivity contribution is 0.0146. The van der Waals surface area contributed by atoms with Gasteiger partial charge in [0.1, 0.15) is 0 Å². The van der Waals surface area contributed by atoms with Crippen molar-refractivity contribution in [3.8, 4) is 0 Å². The van der Waals surface area contributed by atoms with Gasteiger partial charge in [-0.05, 0) is 63.4 Å². The molecule has 0 amide bonds. The lowest BCUT2D eigenvalue weighted by atomic mass is 10.0. The molecule has 4 heteroatoms. The van der Waals surface area contributed by atoms with Crippen LogP contribution in [-0.2, 0) is 17.7 Å². The van der Waals surface area contributed by atoms with E-state index in [0.717, 1.165) is 19.5 Å². The molecule has 0 radical (unpaired) electrons. The summed E-state index contributed by atoms with van der Waals surface area (Å²) in [4.78, 5) is 7.57. The Morgan fingerprint density at radius 1 is 0.808 bits per heavy atom. The number of hydrogen-bond acceptors (Lipinski definition) is 4. The van der Waals surface area contributed by atoms with Crippen molar-refractivity contribution < 1.29 is 4.74 Å². The van der Waals surface area contributed by atoms with Crippen LogP contribution in [0.25, 0.3) is 0 Å². The van der Waals surface area contributed by atoms with Gasteiger partial charge in [0, 0.05) is 39.3 Å². The molecule has 3 heterocycles. The first-order valence-corrected chi connectivity index (χ1v) is 10.6. The Morgan fingerprint density at radius 2 is 1.46 bits per heavy atom. The van der Waals surface area contributed by atoms with Gasteiger partial charge >= 0.3 is 0 Å². The molecular weight excluding hydrogens is 322 g/mol. The third-order valence-electron chi connectivity index (χ3n) is 6.34. The summed E-state index contributed by atoms with van der Waals surface area (Å²) in [5.41, 5.74) is 2.89. The molecule has 3 saturated heterocycles. The van der Waals surface area contributed by atoms with Crippen LogP contribution < -0.4 is 0 Å². The summed E-state index contributed by atoms with van der Waals surface area (Å²) in [6.07, 6.45) is 7.11. The highest BCUT2D eigenvalue weighted by Gasteiger charge is 2.27. The maximum atomic E-state index is 6.37. The molecule has 1 aromatic carbocycles. The van der Waals surface area contributed by atoms with E-state index < -0.39 is 0 Å². The Labute approximate surface area is 159 Å². The summed E-state index contributed by atoms with van der Waals surface area (Å²) in [5.74, 6) is 0. The minimum Gasteiger partial charge on any atom is -0.373 e. The summed E-state index contributed by atoms with van der Waals surface area (Å²) < 4.78 is 6.37. The van der Waals surface area contributed by atoms with E-state index in [0.29, 0.717) is 12.2 Å². The van der Waals surface area contributed by atoms with E-state index in [9.17, 15) is 0 Å². The van der Waals surface area contributed by atoms with Crippen molar-refractivity contribution in [2.24, 2.45) is 0 Å². The third-order valence-corrected chi connectivity index (χ3v) is 6.34. The highest BCUT2D eigenvalue weighted by molar-refractivity contribution is 5.23. The first kappa shape index (κ1) is 18.4. The second-order valence-electron chi connectivity index (χ2n) is 8.57. The first-order valence-electron chi connectivity index (χ1n) is 10.6. The molecular formula is C22H35N3O. The van der Waals surface area contributed by atoms with Crippen molar-refractivity contribution in [3.05, 3.63) is 35.4 Å². The summed E-state index contributed by atoms with van der Waals surface area (Å²) in [6.45, 7) is 9.56. The molecule has 4 rings (SSSR count). The largest absolute Gasteiger partial charge is 0.373 e. The van der Waals surface area contributed by atoms with Crippen molar-refractivity contribution in [1.82, 2.24) is 14.7 Å². The molecule has 0 aromatic heterocycles. The van der Waals surface area contributed by atoms with E-state index in [1.165, 1.54) is 76.1 Å². The number of piperazine rings is 1. The van der Waals surface area contributed by atoms with Gasteiger partial charge in [-0.15, -0.1) is 0 Å². The normalized spacial score (nSPS) is 28.8. The lowest BCUT2D eigenvalue weighted by Crippen LogP contribution is -2.47. The second-order valence-corrected chi connectivity index (χ2v) is 8.57. The van der Waals surface area contributed by atoms with Crippen LogP contribution in [0.4, 0.5) is 0 Å². The summed E-state index contributed by atoms with van der Waals surface area (Å²) in [7, 11) is 2.22. The van der Waals surface area contributed by atoms with Gasteiger partial charge in [-0.25, -0.2) is 0 Å². The fourth-order valence-corrected chi connectivity index (χ4v) is 4.63. The standard InChI is InChI=1S/C22H35N3O/c1-23-12-14-25(15-13-23)18-22-9-8-21(26-22)16-19-4-6-20(7-5-19)17-24-10-2-3-11-24/h4-7,21-22H,2-3,8-18H2,1H3/t21-,22+/m0/s1. The average Bonchev–Trinajstić information content (AvgIpc) is 3.31. The minimum atomic E-state index is 0.414. The molecule has 0 N–H and O–H groups in total. The Kier molecular flexibility index (Phi) is 6.26. The van der Waals surface area contributed by atoms with Gasteiger partial charge < -0.3 is 9.64 Å². The van der Waals surface area contributed by atoms with Crippen LogP contribution in [0.2, 0.25) is 0 Å². The summed E-state index contributed by atoms with van der Waals surface area (Å²) in [6, 6.07) is 9.29. The zero-order valence-electron chi connectivity index (χ0n) is 16.4. The Bertz CT molecular complexity index is 547. The van der Waals surface area contributed by atoms with Crippen LogP contribution in [0, 0.1) is 0 Å². The minimum absolute atomic E-state index is 0.414. The topological polar surface area (TPSA) is 19.0 Å². The van der Waals surface area contributed by atoms with Crippen LogP contribution in [0.5, 0.6) is 0 Å². The fraction of sp³-hybridized carbons (Fsp3) is 0.727. The maximum absolute atomic E-state index is 6.37. The van der Waals surface area contributed by atoms with E-state index in [4.69, 9.17) is 4.74 Å². The molecule has 2 atom stereocenters. The number of likely N-dealkylation sites (tertiary alicyclic amines) is 1. The number of ether oxygens (including phenoxy) is 1. The van der Waals surface area contributed by atoms with Crippen LogP contribution in [0.1, 0.15) is 36.8 Å². The Balaban J connectivity index is 1.21. The lowest BCUT2D eigenvalue weighted by Gasteiger charge is -2.33. The van der Waals surface area contributed by atoms with Gasteiger partial charge in [0.2, 0.25) is 0 Å². The quantitative estimate of drug-likeness (QED) is 0.779. The number of likely N-dealkylation sites (N-methyl/N-ethyl adjacent to an activating group) is 1. The SMILES string of the molecule is CN1CCN(C[C@H]2CC[C@@H](Cc3ccc(CN4CCCC4)cc3)O2)CC1. The van der Waals surface area contributed by atoms with Crippen molar-refractivity contribution in [2.75, 3.05) is 52.9 Å². The molecule has 0 spiro atoms. The van der Waals surface area contributed by atoms with Gasteiger partial charge in [0.15, 0.2) is 0 Å². The van der Waals surface area contributed by atoms with Crippen molar-refractivity contribution >= 4 is 0 Å². The molecule has 3 aliphatic heterocycles. The number of rotatable bonds is 6. The summed E-state index contributed by atoms with van der Waals surface area (Å²) in [5, 5.41) is 0. The number of nitrogens with zero attached hydrogens (tertiary/aromatic N) is 3. The zero-order chi connectivity index (χ0) is 17.8. The third kappa shape index (κ3) is 5.07.